The smallest absolute Gasteiger partial charge is 0.410 e. The molecule has 2 saturated heterocycles. The second-order valence-electron chi connectivity index (χ2n) is 18.7. The molecule has 0 aliphatic carbocycles. The standard InChI is InChI=1S/C30H30N6O3.C25H22N6O/c1-30(2,3)39-29(38)35-14-12-34(13-15-35)22-6-4-20(5-7-22)21-17-32-28-26(18-33-36(28)19-21)24-10-11-31-27-16-23(37)8-9-25(24)27;32-20-5-6-22-21(7-8-27-24(22)13-20)23-15-29-31-16-18(14-28-25(23)31)17-1-3-19(4-2-17)30-11-9-26-10-12-30/h4-11,16-19,37H,12-15H2,1-3H3;1-8,13-16,26,32H,9-12H2. The van der Waals surface area contributed by atoms with Crippen LogP contribution in [-0.4, -0.2) is 118 Å². The number of pyridine rings is 2. The molecule has 2 fully saturated rings. The lowest BCUT2D eigenvalue weighted by Gasteiger charge is -2.36. The van der Waals surface area contributed by atoms with Crippen molar-refractivity contribution in [1.82, 2.24) is 49.4 Å². The van der Waals surface area contributed by atoms with E-state index >= 15 is 0 Å². The number of aromatic nitrogens is 8. The number of carbonyl (C=O) groups excluding carboxylic acids is 1. The van der Waals surface area contributed by atoms with Crippen molar-refractivity contribution in [3.05, 3.63) is 147 Å². The number of benzene rings is 4. The number of hydrogen-bond acceptors (Lipinski definition) is 13. The van der Waals surface area contributed by atoms with Crippen LogP contribution in [0, 0.1) is 0 Å². The Hall–Kier alpha value is -8.63. The van der Waals surface area contributed by atoms with Gasteiger partial charge in [0.2, 0.25) is 0 Å². The van der Waals surface area contributed by atoms with E-state index in [4.69, 9.17) is 14.7 Å². The van der Waals surface area contributed by atoms with Crippen LogP contribution < -0.4 is 15.1 Å². The van der Waals surface area contributed by atoms with E-state index < -0.39 is 5.60 Å². The highest BCUT2D eigenvalue weighted by molar-refractivity contribution is 5.99. The Morgan fingerprint density at radius 3 is 1.46 bits per heavy atom. The fourth-order valence-corrected chi connectivity index (χ4v) is 9.30. The Morgan fingerprint density at radius 1 is 0.535 bits per heavy atom. The van der Waals surface area contributed by atoms with Crippen molar-refractivity contribution in [2.24, 2.45) is 0 Å². The molecule has 10 aromatic rings. The highest BCUT2D eigenvalue weighted by Gasteiger charge is 2.26. The predicted octanol–water partition coefficient (Wildman–Crippen LogP) is 9.10. The number of phenolic OH excluding ortho intramolecular Hbond substituents is 2. The molecule has 0 bridgehead atoms. The largest absolute Gasteiger partial charge is 0.508 e. The van der Waals surface area contributed by atoms with E-state index in [1.54, 1.807) is 46.1 Å². The van der Waals surface area contributed by atoms with Crippen molar-refractivity contribution in [1.29, 1.82) is 0 Å². The number of fused-ring (bicyclic) bond motifs is 4. The molecule has 16 nitrogen and oxygen atoms in total. The normalized spacial score (nSPS) is 14.3. The summed E-state index contributed by atoms with van der Waals surface area (Å²) in [6.45, 7) is 12.6. The van der Waals surface area contributed by atoms with Gasteiger partial charge in [-0.25, -0.2) is 23.8 Å². The summed E-state index contributed by atoms with van der Waals surface area (Å²) in [7, 11) is 0. The lowest BCUT2D eigenvalue weighted by molar-refractivity contribution is 0.0240. The van der Waals surface area contributed by atoms with E-state index in [-0.39, 0.29) is 17.6 Å². The van der Waals surface area contributed by atoms with E-state index in [9.17, 15) is 15.0 Å². The van der Waals surface area contributed by atoms with Gasteiger partial charge in [-0.3, -0.25) is 9.97 Å². The second kappa shape index (κ2) is 18.7. The molecular formula is C55H52N12O4. The zero-order chi connectivity index (χ0) is 48.6. The number of rotatable bonds is 6. The van der Waals surface area contributed by atoms with E-state index in [1.807, 2.05) is 86.7 Å². The van der Waals surface area contributed by atoms with Gasteiger partial charge >= 0.3 is 6.09 Å². The molecule has 4 aromatic carbocycles. The first-order chi connectivity index (χ1) is 34.5. The number of hydrogen-bond donors (Lipinski definition) is 3. The molecule has 356 valence electrons. The number of amides is 1. The molecule has 2 aliphatic rings. The first-order valence-corrected chi connectivity index (χ1v) is 23.7. The van der Waals surface area contributed by atoms with Gasteiger partial charge in [-0.15, -0.1) is 0 Å². The summed E-state index contributed by atoms with van der Waals surface area (Å²) in [5.74, 6) is 0.386. The summed E-state index contributed by atoms with van der Waals surface area (Å²) in [6, 6.07) is 31.3. The molecular weight excluding hydrogens is 893 g/mol. The molecule has 0 saturated carbocycles. The third-order valence-electron chi connectivity index (χ3n) is 12.9. The number of aromatic hydroxyl groups is 2. The van der Waals surface area contributed by atoms with Crippen LogP contribution in [0.15, 0.2) is 147 Å². The average molecular weight is 945 g/mol. The van der Waals surface area contributed by atoms with Crippen molar-refractivity contribution < 1.29 is 19.7 Å². The zero-order valence-electron chi connectivity index (χ0n) is 39.6. The molecule has 0 unspecified atom stereocenters. The molecule has 1 amide bonds. The van der Waals surface area contributed by atoms with Gasteiger partial charge in [-0.2, -0.15) is 10.2 Å². The van der Waals surface area contributed by atoms with Gasteiger partial charge in [0, 0.05) is 146 Å². The van der Waals surface area contributed by atoms with Crippen LogP contribution in [0.1, 0.15) is 20.8 Å². The van der Waals surface area contributed by atoms with Crippen molar-refractivity contribution in [2.75, 3.05) is 62.2 Å². The number of piperazine rings is 2. The quantitative estimate of drug-likeness (QED) is 0.144. The van der Waals surface area contributed by atoms with E-state index in [1.165, 1.54) is 5.69 Å². The fourth-order valence-electron chi connectivity index (χ4n) is 9.30. The monoisotopic (exact) mass is 944 g/mol. The van der Waals surface area contributed by atoms with E-state index in [0.717, 1.165) is 123 Å². The highest BCUT2D eigenvalue weighted by atomic mass is 16.6. The van der Waals surface area contributed by atoms with Crippen LogP contribution in [-0.2, 0) is 4.74 Å². The second-order valence-corrected chi connectivity index (χ2v) is 18.7. The molecule has 16 heteroatoms. The van der Waals surface area contributed by atoms with Gasteiger partial charge in [-0.05, 0) is 104 Å². The Balaban J connectivity index is 0.000000157. The predicted molar refractivity (Wildman–Crippen MR) is 277 cm³/mol. The maximum Gasteiger partial charge on any atom is 0.410 e. The van der Waals surface area contributed by atoms with Gasteiger partial charge in [-0.1, -0.05) is 24.3 Å². The maximum absolute atomic E-state index is 12.4. The van der Waals surface area contributed by atoms with Crippen LogP contribution >= 0.6 is 0 Å². The molecule has 0 radical (unpaired) electrons. The number of ether oxygens (including phenoxy) is 1. The van der Waals surface area contributed by atoms with Crippen molar-refractivity contribution in [2.45, 2.75) is 26.4 Å². The summed E-state index contributed by atoms with van der Waals surface area (Å²) < 4.78 is 9.12. The van der Waals surface area contributed by atoms with Crippen molar-refractivity contribution >= 4 is 50.6 Å². The van der Waals surface area contributed by atoms with Crippen LogP contribution in [0.2, 0.25) is 0 Å². The number of nitrogens with zero attached hydrogens (tertiary/aromatic N) is 11. The average Bonchev–Trinajstić information content (AvgIpc) is 4.02. The minimum absolute atomic E-state index is 0.184. The number of carbonyl (C=O) groups is 1. The van der Waals surface area contributed by atoms with Gasteiger partial charge in [0.1, 0.15) is 17.1 Å². The molecule has 71 heavy (non-hydrogen) atoms. The molecule has 3 N–H and O–H groups in total. The van der Waals surface area contributed by atoms with Crippen molar-refractivity contribution in [3.8, 4) is 56.0 Å². The summed E-state index contributed by atoms with van der Waals surface area (Å²) >= 11 is 0. The number of phenols is 2. The number of nitrogens with one attached hydrogen (secondary N) is 1. The fraction of sp³-hybridized carbons (Fsp3) is 0.218. The Bertz CT molecular complexity index is 3560. The summed E-state index contributed by atoms with van der Waals surface area (Å²) in [5, 5.41) is 34.0. The van der Waals surface area contributed by atoms with E-state index in [0.29, 0.717) is 13.1 Å². The van der Waals surface area contributed by atoms with Crippen molar-refractivity contribution in [3.63, 3.8) is 0 Å². The first-order valence-electron chi connectivity index (χ1n) is 23.7. The van der Waals surface area contributed by atoms with Crippen LogP contribution in [0.5, 0.6) is 11.5 Å². The summed E-state index contributed by atoms with van der Waals surface area (Å²) in [6.07, 6.45) is 14.6. The first kappa shape index (κ1) is 44.9. The van der Waals surface area contributed by atoms with E-state index in [2.05, 4.69) is 83.8 Å². The SMILES string of the molecule is CC(C)(C)OC(=O)N1CCN(c2ccc(-c3cnc4c(-c5ccnc6cc(O)ccc56)cnn4c3)cc2)CC1.Oc1ccc2c(-c3cnn4cc(-c5ccc(N6CCNCC6)cc5)cnc34)ccnc2c1. The Morgan fingerprint density at radius 2 is 1.00 bits per heavy atom. The van der Waals surface area contributed by atoms with Crippen LogP contribution in [0.25, 0.3) is 77.6 Å². The van der Waals surface area contributed by atoms with Gasteiger partial charge in [0.15, 0.2) is 11.3 Å². The Kier molecular flexibility index (Phi) is 11.8. The highest BCUT2D eigenvalue weighted by Crippen LogP contribution is 2.34. The number of anilines is 2. The lowest BCUT2D eigenvalue weighted by atomic mass is 10.0. The zero-order valence-corrected chi connectivity index (χ0v) is 39.6. The molecule has 6 aromatic heterocycles. The third-order valence-corrected chi connectivity index (χ3v) is 12.9. The van der Waals surface area contributed by atoms with Crippen LogP contribution in [0.3, 0.4) is 0 Å². The third kappa shape index (κ3) is 9.32. The molecule has 2 aliphatic heterocycles. The van der Waals surface area contributed by atoms with Crippen LogP contribution in [0.4, 0.5) is 16.2 Å². The Labute approximate surface area is 409 Å². The molecule has 0 spiro atoms. The molecule has 12 rings (SSSR count). The molecule has 8 heterocycles. The minimum atomic E-state index is -0.488. The minimum Gasteiger partial charge on any atom is -0.508 e. The lowest BCUT2D eigenvalue weighted by Crippen LogP contribution is -2.50. The van der Waals surface area contributed by atoms with Gasteiger partial charge in [0.05, 0.1) is 23.4 Å². The van der Waals surface area contributed by atoms with Gasteiger partial charge < -0.3 is 35.0 Å². The maximum atomic E-state index is 12.4. The van der Waals surface area contributed by atoms with Gasteiger partial charge in [0.25, 0.3) is 0 Å². The summed E-state index contributed by atoms with van der Waals surface area (Å²) in [4.78, 5) is 37.1. The molecule has 0 atom stereocenters. The topological polar surface area (TPSA) is 175 Å². The summed E-state index contributed by atoms with van der Waals surface area (Å²) in [5.41, 5.74) is 12.8.